The van der Waals surface area contributed by atoms with Crippen LogP contribution in [-0.4, -0.2) is 42.1 Å². The summed E-state index contributed by atoms with van der Waals surface area (Å²) in [7, 11) is 1.90. The minimum absolute atomic E-state index is 0.0953. The molecule has 0 aromatic heterocycles. The fourth-order valence-electron chi connectivity index (χ4n) is 4.11. The molecule has 3 unspecified atom stereocenters. The van der Waals surface area contributed by atoms with E-state index in [1.165, 1.54) is 0 Å². The molecule has 2 aliphatic rings. The fourth-order valence-corrected chi connectivity index (χ4v) is 4.11. The van der Waals surface area contributed by atoms with Crippen LogP contribution in [0, 0.1) is 11.3 Å². The second kappa shape index (κ2) is 4.74. The number of carbonyl (C=O) groups is 1. The Morgan fingerprint density at radius 2 is 2.00 bits per heavy atom. The zero-order chi connectivity index (χ0) is 14.4. The fraction of sp³-hybridized carbons (Fsp3) is 0.933. The first-order valence-electron chi connectivity index (χ1n) is 7.50. The Morgan fingerprint density at radius 1 is 1.42 bits per heavy atom. The van der Waals surface area contributed by atoms with Crippen LogP contribution < -0.4 is 5.73 Å². The standard InChI is InChI=1S/C15H28N2O2/c1-6-10(7-2)17(5)13(18)15(16)11-8-9-19-12(11)14(15,3)4/h10-12H,6-9,16H2,1-5H3. The van der Waals surface area contributed by atoms with Crippen LogP contribution in [0.2, 0.25) is 0 Å². The summed E-state index contributed by atoms with van der Waals surface area (Å²) in [6.45, 7) is 9.11. The van der Waals surface area contributed by atoms with Gasteiger partial charge >= 0.3 is 0 Å². The third kappa shape index (κ3) is 1.76. The highest BCUT2D eigenvalue weighted by Gasteiger charge is 2.71. The molecule has 0 aromatic rings. The Morgan fingerprint density at radius 3 is 2.53 bits per heavy atom. The van der Waals surface area contributed by atoms with Crippen LogP contribution in [0.4, 0.5) is 0 Å². The molecule has 1 heterocycles. The van der Waals surface area contributed by atoms with Gasteiger partial charge in [-0.05, 0) is 19.3 Å². The summed E-state index contributed by atoms with van der Waals surface area (Å²) in [5.41, 5.74) is 5.56. The summed E-state index contributed by atoms with van der Waals surface area (Å²) >= 11 is 0. The number of likely N-dealkylation sites (N-methyl/N-ethyl adjacent to an activating group) is 1. The lowest BCUT2D eigenvalue weighted by molar-refractivity contribution is -0.185. The minimum atomic E-state index is -0.758. The maximum atomic E-state index is 12.9. The summed E-state index contributed by atoms with van der Waals surface area (Å²) < 4.78 is 5.75. The number of hydrogen-bond acceptors (Lipinski definition) is 3. The molecule has 3 atom stereocenters. The van der Waals surface area contributed by atoms with E-state index in [1.54, 1.807) is 0 Å². The molecular formula is C15H28N2O2. The lowest BCUT2D eigenvalue weighted by Gasteiger charge is -2.61. The van der Waals surface area contributed by atoms with Gasteiger partial charge in [0, 0.05) is 31.0 Å². The highest BCUT2D eigenvalue weighted by molar-refractivity contribution is 5.89. The second-order valence-corrected chi connectivity index (χ2v) is 6.66. The highest BCUT2D eigenvalue weighted by Crippen LogP contribution is 2.58. The van der Waals surface area contributed by atoms with E-state index in [-0.39, 0.29) is 29.4 Å². The summed E-state index contributed by atoms with van der Waals surface area (Å²) in [4.78, 5) is 14.8. The molecule has 0 spiro atoms. The summed E-state index contributed by atoms with van der Waals surface area (Å²) in [5.74, 6) is 0.282. The van der Waals surface area contributed by atoms with Gasteiger partial charge in [0.2, 0.25) is 5.91 Å². The molecule has 0 aromatic carbocycles. The van der Waals surface area contributed by atoms with E-state index in [4.69, 9.17) is 10.5 Å². The molecule has 1 aliphatic heterocycles. The number of fused-ring (bicyclic) bond motifs is 1. The molecule has 2 N–H and O–H groups in total. The van der Waals surface area contributed by atoms with Crippen LogP contribution in [0.3, 0.4) is 0 Å². The molecule has 110 valence electrons. The van der Waals surface area contributed by atoms with Gasteiger partial charge < -0.3 is 15.4 Å². The van der Waals surface area contributed by atoms with Crippen LogP contribution in [0.5, 0.6) is 0 Å². The van der Waals surface area contributed by atoms with E-state index >= 15 is 0 Å². The number of rotatable bonds is 4. The van der Waals surface area contributed by atoms with E-state index < -0.39 is 5.54 Å². The Hall–Kier alpha value is -0.610. The summed E-state index contributed by atoms with van der Waals surface area (Å²) in [6, 6.07) is 0.282. The predicted octanol–water partition coefficient (Wildman–Crippen LogP) is 1.78. The molecule has 0 radical (unpaired) electrons. The number of nitrogens with two attached hydrogens (primary N) is 1. The van der Waals surface area contributed by atoms with Crippen molar-refractivity contribution in [1.29, 1.82) is 0 Å². The van der Waals surface area contributed by atoms with Crippen LogP contribution in [-0.2, 0) is 9.53 Å². The van der Waals surface area contributed by atoms with Crippen molar-refractivity contribution < 1.29 is 9.53 Å². The first-order chi connectivity index (χ1) is 8.82. The molecule has 4 heteroatoms. The Balaban J connectivity index is 2.22. The molecule has 4 nitrogen and oxygen atoms in total. The van der Waals surface area contributed by atoms with Crippen LogP contribution in [0.1, 0.15) is 47.0 Å². The van der Waals surface area contributed by atoms with Crippen molar-refractivity contribution in [3.8, 4) is 0 Å². The number of nitrogens with zero attached hydrogens (tertiary/aromatic N) is 1. The summed E-state index contributed by atoms with van der Waals surface area (Å²) in [6.07, 6.45) is 3.00. The third-order valence-electron chi connectivity index (χ3n) is 5.62. The molecular weight excluding hydrogens is 240 g/mol. The first kappa shape index (κ1) is 14.8. The van der Waals surface area contributed by atoms with Crippen molar-refractivity contribution in [3.05, 3.63) is 0 Å². The number of hydrogen-bond donors (Lipinski definition) is 1. The van der Waals surface area contributed by atoms with Gasteiger partial charge in [0.05, 0.1) is 6.10 Å². The van der Waals surface area contributed by atoms with Crippen LogP contribution in [0.25, 0.3) is 0 Å². The lowest BCUT2D eigenvalue weighted by atomic mass is 9.47. The molecule has 19 heavy (non-hydrogen) atoms. The summed E-state index contributed by atoms with van der Waals surface area (Å²) in [5, 5.41) is 0. The molecule has 1 aliphatic carbocycles. The van der Waals surface area contributed by atoms with E-state index in [0.717, 1.165) is 25.9 Å². The zero-order valence-electron chi connectivity index (χ0n) is 12.9. The van der Waals surface area contributed by atoms with Crippen molar-refractivity contribution in [2.45, 2.75) is 64.6 Å². The van der Waals surface area contributed by atoms with E-state index in [2.05, 4.69) is 27.7 Å². The zero-order valence-corrected chi connectivity index (χ0v) is 12.9. The largest absolute Gasteiger partial charge is 0.377 e. The van der Waals surface area contributed by atoms with Gasteiger partial charge in [-0.1, -0.05) is 27.7 Å². The van der Waals surface area contributed by atoms with Crippen molar-refractivity contribution in [1.82, 2.24) is 4.90 Å². The van der Waals surface area contributed by atoms with Crippen molar-refractivity contribution in [2.75, 3.05) is 13.7 Å². The minimum Gasteiger partial charge on any atom is -0.377 e. The van der Waals surface area contributed by atoms with Crippen molar-refractivity contribution in [2.24, 2.45) is 17.1 Å². The van der Waals surface area contributed by atoms with Crippen molar-refractivity contribution >= 4 is 5.91 Å². The van der Waals surface area contributed by atoms with Gasteiger partial charge in [-0.3, -0.25) is 4.79 Å². The number of carbonyl (C=O) groups excluding carboxylic acids is 1. The molecule has 2 fully saturated rings. The molecule has 1 saturated heterocycles. The smallest absolute Gasteiger partial charge is 0.243 e. The monoisotopic (exact) mass is 268 g/mol. The van der Waals surface area contributed by atoms with Gasteiger partial charge in [0.25, 0.3) is 0 Å². The first-order valence-corrected chi connectivity index (χ1v) is 7.50. The maximum absolute atomic E-state index is 12.9. The van der Waals surface area contributed by atoms with Crippen LogP contribution in [0.15, 0.2) is 0 Å². The average Bonchev–Trinajstić information content (AvgIpc) is 2.86. The number of amides is 1. The number of ether oxygens (including phenoxy) is 1. The molecule has 1 saturated carbocycles. The normalized spacial score (nSPS) is 35.9. The van der Waals surface area contributed by atoms with Gasteiger partial charge in [0.1, 0.15) is 5.54 Å². The second-order valence-electron chi connectivity index (χ2n) is 6.66. The van der Waals surface area contributed by atoms with E-state index in [0.29, 0.717) is 0 Å². The maximum Gasteiger partial charge on any atom is 0.243 e. The van der Waals surface area contributed by atoms with Crippen LogP contribution >= 0.6 is 0 Å². The van der Waals surface area contributed by atoms with E-state index in [9.17, 15) is 4.79 Å². The third-order valence-corrected chi connectivity index (χ3v) is 5.62. The lowest BCUT2D eigenvalue weighted by Crippen LogP contribution is -2.80. The highest BCUT2D eigenvalue weighted by atomic mass is 16.5. The van der Waals surface area contributed by atoms with Gasteiger partial charge in [-0.15, -0.1) is 0 Å². The average molecular weight is 268 g/mol. The Bertz CT molecular complexity index is 365. The van der Waals surface area contributed by atoms with Gasteiger partial charge in [-0.2, -0.15) is 0 Å². The topological polar surface area (TPSA) is 55.6 Å². The SMILES string of the molecule is CCC(CC)N(C)C(=O)C1(N)C2CCOC2C1(C)C. The quantitative estimate of drug-likeness (QED) is 0.845. The van der Waals surface area contributed by atoms with Gasteiger partial charge in [-0.25, -0.2) is 0 Å². The molecule has 1 amide bonds. The Kier molecular flexibility index (Phi) is 3.69. The van der Waals surface area contributed by atoms with Gasteiger partial charge in [0.15, 0.2) is 0 Å². The Labute approximate surface area is 116 Å². The molecule has 2 rings (SSSR count). The predicted molar refractivity (Wildman–Crippen MR) is 75.7 cm³/mol. The molecule has 0 bridgehead atoms. The van der Waals surface area contributed by atoms with E-state index in [1.807, 2.05) is 11.9 Å². The van der Waals surface area contributed by atoms with Crippen molar-refractivity contribution in [3.63, 3.8) is 0 Å².